The van der Waals surface area contributed by atoms with E-state index >= 15 is 0 Å². The molecule has 32 heavy (non-hydrogen) atoms. The third kappa shape index (κ3) is 4.59. The summed E-state index contributed by atoms with van der Waals surface area (Å²) in [6.45, 7) is 0.859. The summed E-state index contributed by atoms with van der Waals surface area (Å²) in [5, 5.41) is 1.26. The maximum atomic E-state index is 5.96. The van der Waals surface area contributed by atoms with Crippen molar-refractivity contribution in [1.29, 1.82) is 0 Å². The van der Waals surface area contributed by atoms with Gasteiger partial charge in [-0.1, -0.05) is 73.1 Å². The molecule has 2 aromatic carbocycles. The molecule has 0 aromatic heterocycles. The van der Waals surface area contributed by atoms with Crippen molar-refractivity contribution < 1.29 is 4.74 Å². The molecular formula is C26H30N2OS3. The zero-order valence-corrected chi connectivity index (χ0v) is 20.9. The van der Waals surface area contributed by atoms with Gasteiger partial charge in [0.2, 0.25) is 0 Å². The molecule has 6 heteroatoms. The highest BCUT2D eigenvalue weighted by molar-refractivity contribution is 8.23. The van der Waals surface area contributed by atoms with Gasteiger partial charge in [0.05, 0.1) is 17.7 Å². The van der Waals surface area contributed by atoms with Crippen LogP contribution >= 0.6 is 35.3 Å². The number of aliphatic imine (C=N–C) groups is 1. The van der Waals surface area contributed by atoms with E-state index in [1.165, 1.54) is 41.7 Å². The molecule has 5 rings (SSSR count). The minimum Gasteiger partial charge on any atom is -0.497 e. The molecule has 2 N–H and O–H groups in total. The number of ether oxygens (including phenoxy) is 1. The number of nitrogens with zero attached hydrogens (tertiary/aromatic N) is 1. The molecule has 0 amide bonds. The van der Waals surface area contributed by atoms with Crippen LogP contribution in [0.1, 0.15) is 42.7 Å². The van der Waals surface area contributed by atoms with Gasteiger partial charge < -0.3 is 10.5 Å². The molecule has 4 atom stereocenters. The molecule has 3 nitrogen and oxygen atoms in total. The average Bonchev–Trinajstić information content (AvgIpc) is 3.28. The summed E-state index contributed by atoms with van der Waals surface area (Å²) in [5.74, 6) is 3.07. The number of amidine groups is 1. The minimum absolute atomic E-state index is 0.195. The van der Waals surface area contributed by atoms with Crippen molar-refractivity contribution in [2.75, 3.05) is 19.4 Å². The lowest BCUT2D eigenvalue weighted by atomic mass is 9.75. The van der Waals surface area contributed by atoms with Crippen LogP contribution < -0.4 is 10.5 Å². The van der Waals surface area contributed by atoms with E-state index < -0.39 is 0 Å². The van der Waals surface area contributed by atoms with Crippen LogP contribution in [0.5, 0.6) is 5.75 Å². The van der Waals surface area contributed by atoms with Gasteiger partial charge in [0.25, 0.3) is 0 Å². The zero-order chi connectivity index (χ0) is 22.0. The SMILES string of the molecule is COc1ccc([C@@H]2C=C(c3ccccc3)S[C@]3(SC[C@@H]4CN=C(N)S4)CCCC[C@@H]23)cc1. The van der Waals surface area contributed by atoms with Crippen molar-refractivity contribution in [2.24, 2.45) is 16.6 Å². The molecule has 0 saturated heterocycles. The number of fused-ring (bicyclic) bond motifs is 1. The van der Waals surface area contributed by atoms with Crippen molar-refractivity contribution in [3.63, 3.8) is 0 Å². The maximum absolute atomic E-state index is 5.96. The number of allylic oxidation sites excluding steroid dienone is 1. The van der Waals surface area contributed by atoms with Crippen molar-refractivity contribution in [3.05, 3.63) is 71.8 Å². The molecule has 0 bridgehead atoms. The highest BCUT2D eigenvalue weighted by Gasteiger charge is 2.49. The fraction of sp³-hybridized carbons (Fsp3) is 0.423. The Morgan fingerprint density at radius 1 is 1.12 bits per heavy atom. The Balaban J connectivity index is 1.50. The Morgan fingerprint density at radius 3 is 2.66 bits per heavy atom. The second-order valence-electron chi connectivity index (χ2n) is 8.69. The average molecular weight is 483 g/mol. The van der Waals surface area contributed by atoms with E-state index in [1.807, 2.05) is 0 Å². The Kier molecular flexibility index (Phi) is 6.81. The van der Waals surface area contributed by atoms with Crippen molar-refractivity contribution in [1.82, 2.24) is 0 Å². The number of benzene rings is 2. The Morgan fingerprint density at radius 2 is 1.94 bits per heavy atom. The maximum Gasteiger partial charge on any atom is 0.154 e. The summed E-state index contributed by atoms with van der Waals surface area (Å²) in [7, 11) is 1.74. The third-order valence-corrected chi connectivity index (χ3v) is 11.6. The van der Waals surface area contributed by atoms with Crippen LogP contribution in [0, 0.1) is 5.92 Å². The molecule has 168 valence electrons. The van der Waals surface area contributed by atoms with Gasteiger partial charge in [-0.05, 0) is 42.0 Å². The van der Waals surface area contributed by atoms with E-state index in [0.29, 0.717) is 17.1 Å². The van der Waals surface area contributed by atoms with E-state index in [1.54, 1.807) is 18.9 Å². The van der Waals surface area contributed by atoms with Crippen LogP contribution in [0.4, 0.5) is 0 Å². The Labute approximate surface area is 204 Å². The molecule has 0 unspecified atom stereocenters. The summed E-state index contributed by atoms with van der Waals surface area (Å²) in [6.07, 6.45) is 7.72. The molecule has 1 fully saturated rings. The predicted molar refractivity (Wildman–Crippen MR) is 143 cm³/mol. The van der Waals surface area contributed by atoms with Gasteiger partial charge >= 0.3 is 0 Å². The summed E-state index contributed by atoms with van der Waals surface area (Å²) < 4.78 is 5.63. The summed E-state index contributed by atoms with van der Waals surface area (Å²) in [6, 6.07) is 19.7. The monoisotopic (exact) mass is 482 g/mol. The standard InChI is InChI=1S/C26H30N2OS3/c1-29-20-12-10-18(11-13-20)22-15-24(19-7-3-2-4-8-19)32-26(14-6-5-9-23(22)26)30-17-21-16-28-25(27)31-21/h2-4,7-8,10-13,15,21-23H,5-6,9,14,16-17H2,1H3,(H2,27,28)/t21-,22-,23-,26+/m0/s1. The third-order valence-electron chi connectivity index (χ3n) is 6.71. The van der Waals surface area contributed by atoms with Gasteiger partial charge in [-0.2, -0.15) is 0 Å². The first kappa shape index (κ1) is 22.3. The Hall–Kier alpha value is -1.50. The second kappa shape index (κ2) is 9.78. The van der Waals surface area contributed by atoms with Crippen molar-refractivity contribution in [2.45, 2.75) is 40.9 Å². The second-order valence-corrected chi connectivity index (χ2v) is 13.0. The lowest BCUT2D eigenvalue weighted by molar-refractivity contribution is 0.320. The van der Waals surface area contributed by atoms with E-state index in [2.05, 4.69) is 89.2 Å². The largest absolute Gasteiger partial charge is 0.497 e. The fourth-order valence-corrected chi connectivity index (χ4v) is 9.77. The van der Waals surface area contributed by atoms with Crippen LogP contribution in [0.2, 0.25) is 0 Å². The topological polar surface area (TPSA) is 47.6 Å². The number of thioether (sulfide) groups is 3. The number of methoxy groups -OCH3 is 1. The first-order valence-electron chi connectivity index (χ1n) is 11.4. The van der Waals surface area contributed by atoms with Crippen molar-refractivity contribution >= 4 is 45.4 Å². The quantitative estimate of drug-likeness (QED) is 0.501. The van der Waals surface area contributed by atoms with Crippen LogP contribution in [-0.2, 0) is 0 Å². The zero-order valence-electron chi connectivity index (χ0n) is 18.4. The molecule has 3 aliphatic rings. The van der Waals surface area contributed by atoms with Crippen molar-refractivity contribution in [3.8, 4) is 5.75 Å². The molecule has 2 heterocycles. The van der Waals surface area contributed by atoms with Gasteiger partial charge in [-0.15, -0.1) is 23.5 Å². The van der Waals surface area contributed by atoms with E-state index in [9.17, 15) is 0 Å². The molecule has 1 saturated carbocycles. The molecule has 1 aliphatic carbocycles. The summed E-state index contributed by atoms with van der Waals surface area (Å²) in [5.41, 5.74) is 8.70. The smallest absolute Gasteiger partial charge is 0.154 e. The van der Waals surface area contributed by atoms with E-state index in [-0.39, 0.29) is 4.08 Å². The van der Waals surface area contributed by atoms with Crippen LogP contribution in [0.15, 0.2) is 65.7 Å². The van der Waals surface area contributed by atoms with Gasteiger partial charge in [-0.25, -0.2) is 0 Å². The van der Waals surface area contributed by atoms with Crippen LogP contribution in [0.3, 0.4) is 0 Å². The van der Waals surface area contributed by atoms with Crippen LogP contribution in [0.25, 0.3) is 4.91 Å². The number of hydrogen-bond donors (Lipinski definition) is 1. The highest BCUT2D eigenvalue weighted by Crippen LogP contribution is 2.63. The Bertz CT molecular complexity index is 992. The van der Waals surface area contributed by atoms with E-state index in [4.69, 9.17) is 10.5 Å². The van der Waals surface area contributed by atoms with Gasteiger partial charge in [0.15, 0.2) is 5.17 Å². The molecule has 2 aromatic rings. The predicted octanol–water partition coefficient (Wildman–Crippen LogP) is 6.62. The van der Waals surface area contributed by atoms with E-state index in [0.717, 1.165) is 23.2 Å². The molecular weight excluding hydrogens is 453 g/mol. The first-order valence-corrected chi connectivity index (χ1v) is 14.1. The number of nitrogens with two attached hydrogens (primary N) is 1. The van der Waals surface area contributed by atoms with Gasteiger partial charge in [0, 0.05) is 21.8 Å². The molecule has 0 spiro atoms. The fourth-order valence-electron chi connectivity index (χ4n) is 5.10. The van der Waals surface area contributed by atoms with Crippen LogP contribution in [-0.4, -0.2) is 33.9 Å². The van der Waals surface area contributed by atoms with Gasteiger partial charge in [0.1, 0.15) is 5.75 Å². The highest BCUT2D eigenvalue weighted by atomic mass is 32.2. The first-order chi connectivity index (χ1) is 15.7. The lowest BCUT2D eigenvalue weighted by Crippen LogP contribution is -2.41. The lowest BCUT2D eigenvalue weighted by Gasteiger charge is -2.50. The molecule has 2 aliphatic heterocycles. The number of rotatable bonds is 6. The van der Waals surface area contributed by atoms with Gasteiger partial charge in [-0.3, -0.25) is 4.99 Å². The summed E-state index contributed by atoms with van der Waals surface area (Å²) >= 11 is 6.07. The molecule has 0 radical (unpaired) electrons. The number of hydrogen-bond acceptors (Lipinski definition) is 6. The normalized spacial score (nSPS) is 29.7. The summed E-state index contributed by atoms with van der Waals surface area (Å²) in [4.78, 5) is 5.86. The minimum atomic E-state index is 0.195.